The number of rotatable bonds is 5. The van der Waals surface area contributed by atoms with Crippen LogP contribution < -0.4 is 5.32 Å². The molecule has 138 valence electrons. The standard InChI is InChI=1S/C21H21N3O3/c1-2-18-20(22-13-27-18)21(26)23-16-10-19(25)24(12-16)11-15-8-5-7-14-6-3-4-9-17(14)15/h3-9,13,16H,2,10-12H2,1H3,(H,23,26). The SMILES string of the molecule is CCc1ocnc1C(=O)NC1CC(=O)N(Cc2cccc3ccccc23)C1. The average Bonchev–Trinajstić information content (AvgIpc) is 3.29. The zero-order valence-corrected chi connectivity index (χ0v) is 15.1. The van der Waals surface area contributed by atoms with Crippen molar-refractivity contribution in [3.8, 4) is 0 Å². The van der Waals surface area contributed by atoms with Crippen molar-refractivity contribution in [1.82, 2.24) is 15.2 Å². The molecule has 1 aliphatic rings. The normalized spacial score (nSPS) is 16.9. The third-order valence-electron chi connectivity index (χ3n) is 4.97. The molecule has 0 radical (unpaired) electrons. The number of fused-ring (bicyclic) bond motifs is 1. The van der Waals surface area contributed by atoms with E-state index in [-0.39, 0.29) is 17.9 Å². The number of hydrogen-bond donors (Lipinski definition) is 1. The van der Waals surface area contributed by atoms with E-state index in [0.29, 0.717) is 37.4 Å². The van der Waals surface area contributed by atoms with Crippen molar-refractivity contribution in [2.75, 3.05) is 6.54 Å². The molecule has 1 N–H and O–H groups in total. The van der Waals surface area contributed by atoms with Gasteiger partial charge >= 0.3 is 0 Å². The summed E-state index contributed by atoms with van der Waals surface area (Å²) in [7, 11) is 0. The van der Waals surface area contributed by atoms with Gasteiger partial charge < -0.3 is 14.6 Å². The van der Waals surface area contributed by atoms with Crippen LogP contribution >= 0.6 is 0 Å². The lowest BCUT2D eigenvalue weighted by molar-refractivity contribution is -0.128. The fourth-order valence-corrected chi connectivity index (χ4v) is 3.62. The lowest BCUT2D eigenvalue weighted by Crippen LogP contribution is -2.37. The molecule has 1 aliphatic heterocycles. The maximum Gasteiger partial charge on any atom is 0.273 e. The second kappa shape index (κ2) is 7.23. The van der Waals surface area contributed by atoms with Crippen LogP contribution in [-0.4, -0.2) is 34.3 Å². The summed E-state index contributed by atoms with van der Waals surface area (Å²) in [5, 5.41) is 5.22. The Morgan fingerprint density at radius 3 is 2.93 bits per heavy atom. The van der Waals surface area contributed by atoms with E-state index < -0.39 is 0 Å². The number of amides is 2. The molecule has 0 spiro atoms. The van der Waals surface area contributed by atoms with E-state index >= 15 is 0 Å². The Morgan fingerprint density at radius 2 is 2.07 bits per heavy atom. The Labute approximate surface area is 157 Å². The van der Waals surface area contributed by atoms with Gasteiger partial charge in [-0.25, -0.2) is 4.98 Å². The highest BCUT2D eigenvalue weighted by Gasteiger charge is 2.31. The minimum atomic E-state index is -0.287. The Kier molecular flexibility index (Phi) is 4.62. The number of nitrogens with one attached hydrogen (secondary N) is 1. The number of benzene rings is 2. The van der Waals surface area contributed by atoms with E-state index in [9.17, 15) is 9.59 Å². The van der Waals surface area contributed by atoms with E-state index in [4.69, 9.17) is 4.42 Å². The number of oxazole rings is 1. The number of carbonyl (C=O) groups is 2. The van der Waals surface area contributed by atoms with Crippen molar-refractivity contribution in [2.45, 2.75) is 32.4 Å². The summed E-state index contributed by atoms with van der Waals surface area (Å²) in [6, 6.07) is 14.0. The summed E-state index contributed by atoms with van der Waals surface area (Å²) in [5.41, 5.74) is 1.41. The van der Waals surface area contributed by atoms with Gasteiger partial charge in [0.1, 0.15) is 5.76 Å². The molecule has 6 nitrogen and oxygen atoms in total. The van der Waals surface area contributed by atoms with Crippen LogP contribution in [0.1, 0.15) is 35.2 Å². The van der Waals surface area contributed by atoms with Crippen molar-refractivity contribution in [3.63, 3.8) is 0 Å². The molecule has 1 atom stereocenters. The molecule has 0 bridgehead atoms. The van der Waals surface area contributed by atoms with Crippen LogP contribution in [0.15, 0.2) is 53.3 Å². The molecule has 1 saturated heterocycles. The predicted octanol–water partition coefficient (Wildman–Crippen LogP) is 2.92. The molecule has 1 unspecified atom stereocenters. The minimum absolute atomic E-state index is 0.0455. The molecular weight excluding hydrogens is 342 g/mol. The molecule has 0 aliphatic carbocycles. The summed E-state index contributed by atoms with van der Waals surface area (Å²) in [5.74, 6) is 0.318. The summed E-state index contributed by atoms with van der Waals surface area (Å²) >= 11 is 0. The summed E-state index contributed by atoms with van der Waals surface area (Å²) in [6.07, 6.45) is 2.18. The number of aromatic nitrogens is 1. The molecule has 1 aromatic heterocycles. The van der Waals surface area contributed by atoms with Gasteiger partial charge in [0.2, 0.25) is 5.91 Å². The fourth-order valence-electron chi connectivity index (χ4n) is 3.62. The van der Waals surface area contributed by atoms with E-state index in [1.54, 1.807) is 4.90 Å². The molecular formula is C21H21N3O3. The molecule has 1 fully saturated rings. The highest BCUT2D eigenvalue weighted by molar-refractivity contribution is 5.94. The maximum atomic E-state index is 12.5. The second-order valence-corrected chi connectivity index (χ2v) is 6.76. The Balaban J connectivity index is 1.45. The number of likely N-dealkylation sites (tertiary alicyclic amines) is 1. The number of aryl methyl sites for hydroxylation is 1. The Hall–Kier alpha value is -3.15. The minimum Gasteiger partial charge on any atom is -0.448 e. The molecule has 2 aromatic carbocycles. The molecule has 3 aromatic rings. The molecule has 27 heavy (non-hydrogen) atoms. The van der Waals surface area contributed by atoms with Crippen LogP contribution in [0.5, 0.6) is 0 Å². The first-order valence-corrected chi connectivity index (χ1v) is 9.13. The number of nitrogens with zero attached hydrogens (tertiary/aromatic N) is 2. The Morgan fingerprint density at radius 1 is 1.26 bits per heavy atom. The quantitative estimate of drug-likeness (QED) is 0.756. The first-order chi connectivity index (χ1) is 13.2. The highest BCUT2D eigenvalue weighted by Crippen LogP contribution is 2.22. The van der Waals surface area contributed by atoms with Gasteiger partial charge in [-0.1, -0.05) is 49.4 Å². The Bertz CT molecular complexity index is 990. The van der Waals surface area contributed by atoms with Gasteiger partial charge in [0.25, 0.3) is 5.91 Å². The van der Waals surface area contributed by atoms with Gasteiger partial charge in [0.05, 0.1) is 6.04 Å². The van der Waals surface area contributed by atoms with Crippen molar-refractivity contribution in [2.24, 2.45) is 0 Å². The largest absolute Gasteiger partial charge is 0.448 e. The van der Waals surface area contributed by atoms with Crippen LogP contribution in [0.25, 0.3) is 10.8 Å². The molecule has 4 rings (SSSR count). The number of carbonyl (C=O) groups excluding carboxylic acids is 2. The predicted molar refractivity (Wildman–Crippen MR) is 101 cm³/mol. The van der Waals surface area contributed by atoms with Crippen molar-refractivity contribution in [1.29, 1.82) is 0 Å². The van der Waals surface area contributed by atoms with Crippen LogP contribution in [-0.2, 0) is 17.8 Å². The van der Waals surface area contributed by atoms with Gasteiger partial charge in [0.15, 0.2) is 12.1 Å². The van der Waals surface area contributed by atoms with Gasteiger partial charge in [-0.2, -0.15) is 0 Å². The van der Waals surface area contributed by atoms with E-state index in [1.165, 1.54) is 6.39 Å². The lowest BCUT2D eigenvalue weighted by Gasteiger charge is -2.18. The lowest BCUT2D eigenvalue weighted by atomic mass is 10.0. The molecule has 6 heteroatoms. The van der Waals surface area contributed by atoms with Gasteiger partial charge in [0, 0.05) is 25.9 Å². The zero-order valence-electron chi connectivity index (χ0n) is 15.1. The summed E-state index contributed by atoms with van der Waals surface area (Å²) in [6.45, 7) is 2.94. The zero-order chi connectivity index (χ0) is 18.8. The van der Waals surface area contributed by atoms with Gasteiger partial charge in [-0.15, -0.1) is 0 Å². The van der Waals surface area contributed by atoms with Gasteiger partial charge in [-0.3, -0.25) is 9.59 Å². The first-order valence-electron chi connectivity index (χ1n) is 9.13. The van der Waals surface area contributed by atoms with Crippen molar-refractivity contribution >= 4 is 22.6 Å². The van der Waals surface area contributed by atoms with Crippen molar-refractivity contribution in [3.05, 3.63) is 65.9 Å². The molecule has 2 heterocycles. The number of hydrogen-bond acceptors (Lipinski definition) is 4. The topological polar surface area (TPSA) is 75.4 Å². The van der Waals surface area contributed by atoms with E-state index in [1.807, 2.05) is 31.2 Å². The van der Waals surface area contributed by atoms with Crippen molar-refractivity contribution < 1.29 is 14.0 Å². The first kappa shape index (κ1) is 17.3. The highest BCUT2D eigenvalue weighted by atomic mass is 16.3. The smallest absolute Gasteiger partial charge is 0.273 e. The fraction of sp³-hybridized carbons (Fsp3) is 0.286. The van der Waals surface area contributed by atoms with Crippen LogP contribution in [0, 0.1) is 0 Å². The maximum absolute atomic E-state index is 12.5. The van der Waals surface area contributed by atoms with E-state index in [0.717, 1.165) is 16.3 Å². The molecule has 2 amide bonds. The second-order valence-electron chi connectivity index (χ2n) is 6.76. The van der Waals surface area contributed by atoms with Crippen LogP contribution in [0.2, 0.25) is 0 Å². The third kappa shape index (κ3) is 3.43. The average molecular weight is 363 g/mol. The molecule has 0 saturated carbocycles. The monoisotopic (exact) mass is 363 g/mol. The van der Waals surface area contributed by atoms with E-state index in [2.05, 4.69) is 28.5 Å². The summed E-state index contributed by atoms with van der Waals surface area (Å²) in [4.78, 5) is 30.7. The summed E-state index contributed by atoms with van der Waals surface area (Å²) < 4.78 is 5.21. The third-order valence-corrected chi connectivity index (χ3v) is 4.97. The van der Waals surface area contributed by atoms with Gasteiger partial charge in [-0.05, 0) is 16.3 Å². The van der Waals surface area contributed by atoms with Crippen LogP contribution in [0.3, 0.4) is 0 Å². The van der Waals surface area contributed by atoms with Crippen LogP contribution in [0.4, 0.5) is 0 Å².